The average molecular weight is 228 g/mol. The first kappa shape index (κ1) is 13.0. The number of hydrogen-bond acceptors (Lipinski definition) is 3. The van der Waals surface area contributed by atoms with Crippen molar-refractivity contribution >= 4 is 11.9 Å². The molecule has 1 saturated carbocycles. The van der Waals surface area contributed by atoms with E-state index in [1.54, 1.807) is 0 Å². The van der Waals surface area contributed by atoms with Crippen LogP contribution in [0.1, 0.15) is 38.5 Å². The Morgan fingerprint density at radius 1 is 1.31 bits per heavy atom. The normalized spacial score (nSPS) is 19.1. The summed E-state index contributed by atoms with van der Waals surface area (Å²) in [6.45, 7) is -0.255. The number of carboxylic acid groups (broad SMARTS) is 1. The van der Waals surface area contributed by atoms with Crippen LogP contribution in [0.5, 0.6) is 0 Å². The number of carboxylic acids is 1. The highest BCUT2D eigenvalue weighted by molar-refractivity contribution is 5.81. The van der Waals surface area contributed by atoms with E-state index in [0.29, 0.717) is 0 Å². The molecule has 0 unspecified atom stereocenters. The molecule has 1 fully saturated rings. The molecule has 0 heterocycles. The van der Waals surface area contributed by atoms with Gasteiger partial charge < -0.3 is 15.7 Å². The summed E-state index contributed by atoms with van der Waals surface area (Å²) in [6.07, 6.45) is 5.28. The third-order valence-electron chi connectivity index (χ3n) is 3.15. The van der Waals surface area contributed by atoms with Gasteiger partial charge in [-0.05, 0) is 12.8 Å². The lowest BCUT2D eigenvalue weighted by molar-refractivity contribution is -0.144. The zero-order valence-corrected chi connectivity index (χ0v) is 9.74. The Kier molecular flexibility index (Phi) is 4.29. The summed E-state index contributed by atoms with van der Waals surface area (Å²) >= 11 is 0. The van der Waals surface area contributed by atoms with Crippen molar-refractivity contribution in [2.45, 2.75) is 44.1 Å². The van der Waals surface area contributed by atoms with Crippen molar-refractivity contribution in [1.29, 1.82) is 0 Å². The zero-order chi connectivity index (χ0) is 12.2. The van der Waals surface area contributed by atoms with Crippen LogP contribution >= 0.6 is 0 Å². The molecular weight excluding hydrogens is 208 g/mol. The maximum Gasteiger partial charge on any atom is 0.323 e. The fraction of sp³-hybridized carbons (Fsp3) is 0.818. The molecule has 0 saturated heterocycles. The van der Waals surface area contributed by atoms with E-state index in [1.807, 2.05) is 0 Å². The zero-order valence-electron chi connectivity index (χ0n) is 9.74. The number of likely N-dealkylation sites (N-methyl/N-ethyl adjacent to an activating group) is 1. The van der Waals surface area contributed by atoms with E-state index in [0.717, 1.165) is 25.7 Å². The molecule has 0 aliphatic heterocycles. The summed E-state index contributed by atoms with van der Waals surface area (Å²) < 4.78 is 0. The standard InChI is InChI=1S/C11H20N2O3/c1-13(8-10(15)16)9(14)7-11(12)5-3-2-4-6-11/h2-8,12H2,1H3,(H,15,16). The third-order valence-corrected chi connectivity index (χ3v) is 3.15. The number of amides is 1. The molecule has 0 aromatic heterocycles. The van der Waals surface area contributed by atoms with Crippen LogP contribution in [0.25, 0.3) is 0 Å². The molecule has 5 heteroatoms. The molecule has 0 radical (unpaired) electrons. The second kappa shape index (κ2) is 5.30. The molecule has 0 aromatic carbocycles. The summed E-state index contributed by atoms with van der Waals surface area (Å²) in [5.41, 5.74) is 5.72. The molecule has 0 bridgehead atoms. The van der Waals surface area contributed by atoms with Crippen molar-refractivity contribution in [3.05, 3.63) is 0 Å². The summed E-state index contributed by atoms with van der Waals surface area (Å²) in [5, 5.41) is 8.58. The summed E-state index contributed by atoms with van der Waals surface area (Å²) in [6, 6.07) is 0. The number of carbonyl (C=O) groups is 2. The topological polar surface area (TPSA) is 83.6 Å². The Labute approximate surface area is 95.6 Å². The Bertz CT molecular complexity index is 272. The van der Waals surface area contributed by atoms with Gasteiger partial charge in [-0.25, -0.2) is 0 Å². The first-order valence-electron chi connectivity index (χ1n) is 5.68. The Balaban J connectivity index is 2.45. The van der Waals surface area contributed by atoms with Crippen molar-refractivity contribution in [3.8, 4) is 0 Å². The van der Waals surface area contributed by atoms with E-state index >= 15 is 0 Å². The highest BCUT2D eigenvalue weighted by Crippen LogP contribution is 2.28. The van der Waals surface area contributed by atoms with Crippen molar-refractivity contribution in [2.24, 2.45) is 5.73 Å². The SMILES string of the molecule is CN(CC(=O)O)C(=O)CC1(N)CCCCC1. The lowest BCUT2D eigenvalue weighted by Gasteiger charge is -2.33. The van der Waals surface area contributed by atoms with Gasteiger partial charge in [0.05, 0.1) is 0 Å². The van der Waals surface area contributed by atoms with E-state index in [1.165, 1.54) is 18.4 Å². The van der Waals surface area contributed by atoms with Crippen LogP contribution in [-0.4, -0.2) is 41.0 Å². The van der Waals surface area contributed by atoms with E-state index in [-0.39, 0.29) is 18.9 Å². The van der Waals surface area contributed by atoms with Crippen LogP contribution in [0.2, 0.25) is 0 Å². The van der Waals surface area contributed by atoms with Crippen LogP contribution in [0, 0.1) is 0 Å². The van der Waals surface area contributed by atoms with Gasteiger partial charge in [0.1, 0.15) is 6.54 Å². The molecule has 5 nitrogen and oxygen atoms in total. The number of carbonyl (C=O) groups excluding carboxylic acids is 1. The van der Waals surface area contributed by atoms with Crippen LogP contribution in [0.15, 0.2) is 0 Å². The van der Waals surface area contributed by atoms with Crippen molar-refractivity contribution < 1.29 is 14.7 Å². The smallest absolute Gasteiger partial charge is 0.323 e. The minimum atomic E-state index is -0.995. The quantitative estimate of drug-likeness (QED) is 0.737. The molecule has 0 atom stereocenters. The second-order valence-corrected chi connectivity index (χ2v) is 4.74. The van der Waals surface area contributed by atoms with Gasteiger partial charge >= 0.3 is 5.97 Å². The minimum absolute atomic E-state index is 0.174. The van der Waals surface area contributed by atoms with Gasteiger partial charge in [0, 0.05) is 19.0 Å². The monoisotopic (exact) mass is 228 g/mol. The maximum absolute atomic E-state index is 11.7. The van der Waals surface area contributed by atoms with Crippen LogP contribution in [0.4, 0.5) is 0 Å². The van der Waals surface area contributed by atoms with Crippen LogP contribution < -0.4 is 5.73 Å². The highest BCUT2D eigenvalue weighted by Gasteiger charge is 2.31. The lowest BCUT2D eigenvalue weighted by Crippen LogP contribution is -2.47. The molecule has 1 amide bonds. The largest absolute Gasteiger partial charge is 0.480 e. The molecule has 92 valence electrons. The maximum atomic E-state index is 11.7. The van der Waals surface area contributed by atoms with Crippen molar-refractivity contribution in [2.75, 3.05) is 13.6 Å². The Hall–Kier alpha value is -1.10. The fourth-order valence-electron chi connectivity index (χ4n) is 2.16. The van der Waals surface area contributed by atoms with Gasteiger partial charge in [0.15, 0.2) is 0 Å². The van der Waals surface area contributed by atoms with Gasteiger partial charge in [-0.15, -0.1) is 0 Å². The summed E-state index contributed by atoms with van der Waals surface area (Å²) in [5.74, 6) is -1.17. The second-order valence-electron chi connectivity index (χ2n) is 4.74. The number of nitrogens with zero attached hydrogens (tertiary/aromatic N) is 1. The lowest BCUT2D eigenvalue weighted by atomic mass is 9.80. The van der Waals surface area contributed by atoms with Gasteiger partial charge in [0.25, 0.3) is 0 Å². The van der Waals surface area contributed by atoms with Gasteiger partial charge in [0.2, 0.25) is 5.91 Å². The summed E-state index contributed by atoms with van der Waals surface area (Å²) in [4.78, 5) is 23.4. The van der Waals surface area contributed by atoms with E-state index in [9.17, 15) is 9.59 Å². The highest BCUT2D eigenvalue weighted by atomic mass is 16.4. The number of nitrogens with two attached hydrogens (primary N) is 1. The molecule has 1 rings (SSSR count). The molecule has 1 aliphatic rings. The molecular formula is C11H20N2O3. The van der Waals surface area contributed by atoms with Gasteiger partial charge in [-0.1, -0.05) is 19.3 Å². The Morgan fingerprint density at radius 2 is 1.88 bits per heavy atom. The first-order chi connectivity index (χ1) is 7.43. The van der Waals surface area contributed by atoms with E-state index < -0.39 is 11.5 Å². The van der Waals surface area contributed by atoms with Gasteiger partial charge in [-0.3, -0.25) is 9.59 Å². The molecule has 0 spiro atoms. The fourth-order valence-corrected chi connectivity index (χ4v) is 2.16. The van der Waals surface area contributed by atoms with Crippen molar-refractivity contribution in [1.82, 2.24) is 4.90 Å². The molecule has 16 heavy (non-hydrogen) atoms. The van der Waals surface area contributed by atoms with Crippen molar-refractivity contribution in [3.63, 3.8) is 0 Å². The predicted molar refractivity (Wildman–Crippen MR) is 59.9 cm³/mol. The van der Waals surface area contributed by atoms with E-state index in [2.05, 4.69) is 0 Å². The van der Waals surface area contributed by atoms with Crippen LogP contribution in [0.3, 0.4) is 0 Å². The number of rotatable bonds is 4. The third kappa shape index (κ3) is 3.81. The minimum Gasteiger partial charge on any atom is -0.480 e. The van der Waals surface area contributed by atoms with E-state index in [4.69, 9.17) is 10.8 Å². The number of aliphatic carboxylic acids is 1. The molecule has 3 N–H and O–H groups in total. The summed E-state index contributed by atoms with van der Waals surface area (Å²) in [7, 11) is 1.50. The number of hydrogen-bond donors (Lipinski definition) is 2. The Morgan fingerprint density at radius 3 is 2.38 bits per heavy atom. The average Bonchev–Trinajstić information content (AvgIpc) is 2.16. The van der Waals surface area contributed by atoms with Gasteiger partial charge in [-0.2, -0.15) is 0 Å². The molecule has 1 aliphatic carbocycles. The van der Waals surface area contributed by atoms with Crippen LogP contribution in [-0.2, 0) is 9.59 Å². The predicted octanol–water partition coefficient (Wildman–Crippen LogP) is 0.581. The first-order valence-corrected chi connectivity index (χ1v) is 5.68. The molecule has 0 aromatic rings.